The summed E-state index contributed by atoms with van der Waals surface area (Å²) in [6.45, 7) is -0.156. The van der Waals surface area contributed by atoms with Gasteiger partial charge in [-0.25, -0.2) is 4.98 Å². The van der Waals surface area contributed by atoms with Crippen LogP contribution in [-0.2, 0) is 0 Å². The van der Waals surface area contributed by atoms with Crippen LogP contribution in [0.2, 0.25) is 5.28 Å². The summed E-state index contributed by atoms with van der Waals surface area (Å²) in [5.74, 6) is 0.140. The van der Waals surface area contributed by atoms with Crippen LogP contribution in [0, 0.1) is 11.3 Å². The molecule has 21 heavy (non-hydrogen) atoms. The van der Waals surface area contributed by atoms with Gasteiger partial charge >= 0.3 is 0 Å². The van der Waals surface area contributed by atoms with E-state index in [2.05, 4.69) is 15.0 Å². The number of nitrogens with two attached hydrogens (primary N) is 1. The second-order valence-electron chi connectivity index (χ2n) is 5.83. The number of nitrogen functional groups attached to an aromatic ring is 1. The number of fused-ring (bicyclic) bond motifs is 2. The van der Waals surface area contributed by atoms with Crippen LogP contribution in [0.25, 0.3) is 11.2 Å². The van der Waals surface area contributed by atoms with Crippen molar-refractivity contribution in [3.05, 3.63) is 11.6 Å². The fraction of sp³-hybridized carbons (Fsp3) is 0.583. The van der Waals surface area contributed by atoms with Crippen molar-refractivity contribution in [1.29, 1.82) is 0 Å². The van der Waals surface area contributed by atoms with E-state index in [1.165, 1.54) is 6.33 Å². The first-order valence-corrected chi connectivity index (χ1v) is 7.00. The van der Waals surface area contributed by atoms with Gasteiger partial charge < -0.3 is 25.6 Å². The predicted octanol–water partition coefficient (Wildman–Crippen LogP) is -0.663. The Morgan fingerprint density at radius 1 is 1.43 bits per heavy atom. The minimum Gasteiger partial charge on any atom is -0.396 e. The normalized spacial score (nSPS) is 37.9. The smallest absolute Gasteiger partial charge is 0.226 e. The zero-order chi connectivity index (χ0) is 14.9. The lowest BCUT2D eigenvalue weighted by molar-refractivity contribution is -0.0300. The molecule has 2 aliphatic rings. The Balaban J connectivity index is 1.85. The van der Waals surface area contributed by atoms with Crippen LogP contribution in [0.1, 0.15) is 12.5 Å². The number of imidazole rings is 1. The van der Waals surface area contributed by atoms with E-state index in [9.17, 15) is 15.3 Å². The highest BCUT2D eigenvalue weighted by atomic mass is 35.5. The summed E-state index contributed by atoms with van der Waals surface area (Å²) >= 11 is 5.83. The Labute approximate surface area is 124 Å². The summed E-state index contributed by atoms with van der Waals surface area (Å²) in [6.07, 6.45) is 0.201. The third kappa shape index (κ3) is 1.53. The molecule has 8 nitrogen and oxygen atoms in total. The van der Waals surface area contributed by atoms with Crippen LogP contribution in [0.5, 0.6) is 0 Å². The molecular formula is C12H14ClN5O3. The van der Waals surface area contributed by atoms with Crippen LogP contribution >= 0.6 is 11.6 Å². The number of rotatable bonds is 2. The molecule has 2 heterocycles. The van der Waals surface area contributed by atoms with Crippen LogP contribution in [0.4, 0.5) is 5.82 Å². The van der Waals surface area contributed by atoms with E-state index >= 15 is 0 Å². The van der Waals surface area contributed by atoms with Crippen molar-refractivity contribution in [2.24, 2.45) is 11.3 Å². The number of aromatic nitrogens is 4. The Morgan fingerprint density at radius 2 is 2.19 bits per heavy atom. The average Bonchev–Trinajstić information content (AvgIpc) is 2.97. The predicted molar refractivity (Wildman–Crippen MR) is 73.4 cm³/mol. The minimum atomic E-state index is -0.997. The molecule has 2 fully saturated rings. The molecule has 5 atom stereocenters. The highest BCUT2D eigenvalue weighted by Gasteiger charge is 2.71. The van der Waals surface area contributed by atoms with Gasteiger partial charge in [0.25, 0.3) is 0 Å². The zero-order valence-corrected chi connectivity index (χ0v) is 11.6. The van der Waals surface area contributed by atoms with Crippen LogP contribution in [0.15, 0.2) is 6.33 Å². The minimum absolute atomic E-state index is 0.000923. The van der Waals surface area contributed by atoms with Crippen molar-refractivity contribution >= 4 is 28.6 Å². The first-order chi connectivity index (χ1) is 9.99. The number of nitrogens with zero attached hydrogens (tertiary/aromatic N) is 4. The van der Waals surface area contributed by atoms with Gasteiger partial charge in [0.15, 0.2) is 11.5 Å². The van der Waals surface area contributed by atoms with E-state index < -0.39 is 23.7 Å². The molecule has 0 aromatic carbocycles. The lowest BCUT2D eigenvalue weighted by atomic mass is 10.0. The number of halogens is 1. The summed E-state index contributed by atoms with van der Waals surface area (Å²) < 4.78 is 1.67. The molecule has 9 heteroatoms. The van der Waals surface area contributed by atoms with Crippen molar-refractivity contribution in [1.82, 2.24) is 19.5 Å². The largest absolute Gasteiger partial charge is 0.396 e. The molecular weight excluding hydrogens is 298 g/mol. The molecule has 5 N–H and O–H groups in total. The lowest BCUT2D eigenvalue weighted by Gasteiger charge is -2.23. The molecule has 2 aliphatic carbocycles. The van der Waals surface area contributed by atoms with Crippen molar-refractivity contribution in [2.75, 3.05) is 12.3 Å². The average molecular weight is 312 g/mol. The summed E-state index contributed by atoms with van der Waals surface area (Å²) in [4.78, 5) is 12.1. The Hall–Kier alpha value is -1.48. The third-order valence-electron chi connectivity index (χ3n) is 4.89. The van der Waals surface area contributed by atoms with E-state index in [-0.39, 0.29) is 23.6 Å². The van der Waals surface area contributed by atoms with E-state index in [1.54, 1.807) is 4.57 Å². The highest BCUT2D eigenvalue weighted by molar-refractivity contribution is 6.28. The van der Waals surface area contributed by atoms with Crippen LogP contribution < -0.4 is 5.73 Å². The molecule has 0 amide bonds. The molecule has 2 aromatic rings. The molecule has 2 aromatic heterocycles. The number of hydrogen-bond donors (Lipinski definition) is 4. The fourth-order valence-electron chi connectivity index (χ4n) is 3.68. The molecule has 2 saturated carbocycles. The monoisotopic (exact) mass is 311 g/mol. The first kappa shape index (κ1) is 13.2. The van der Waals surface area contributed by atoms with Crippen molar-refractivity contribution in [3.63, 3.8) is 0 Å². The van der Waals surface area contributed by atoms with Gasteiger partial charge in [0, 0.05) is 5.41 Å². The topological polar surface area (TPSA) is 130 Å². The van der Waals surface area contributed by atoms with Gasteiger partial charge in [0.1, 0.15) is 11.6 Å². The maximum atomic E-state index is 10.3. The van der Waals surface area contributed by atoms with Crippen LogP contribution in [0.3, 0.4) is 0 Å². The van der Waals surface area contributed by atoms with Gasteiger partial charge in [-0.15, -0.1) is 0 Å². The second-order valence-corrected chi connectivity index (χ2v) is 6.17. The van der Waals surface area contributed by atoms with E-state index in [1.807, 2.05) is 0 Å². The Kier molecular flexibility index (Phi) is 2.54. The van der Waals surface area contributed by atoms with Crippen LogP contribution in [-0.4, -0.2) is 53.7 Å². The first-order valence-electron chi connectivity index (χ1n) is 6.62. The summed E-state index contributed by atoms with van der Waals surface area (Å²) in [7, 11) is 0. The molecule has 4 rings (SSSR count). The van der Waals surface area contributed by atoms with Gasteiger partial charge in [-0.2, -0.15) is 9.97 Å². The second kappa shape index (κ2) is 4.04. The van der Waals surface area contributed by atoms with E-state index in [0.717, 1.165) is 0 Å². The standard InChI is InChI=1S/C12H14ClN5O3/c13-11-16-9(14)5-10(17-11)18(3-15-5)6-4-1-12(4,2-19)8(21)7(6)20/h3-4,6-8,19-21H,1-2H2,(H2,14,16,17)/t4?,6-,7+,8+,12+/m1/s1. The molecule has 0 bridgehead atoms. The number of aliphatic hydroxyl groups is 3. The molecule has 0 spiro atoms. The summed E-state index contributed by atoms with van der Waals surface area (Å²) in [5.41, 5.74) is 5.97. The van der Waals surface area contributed by atoms with Gasteiger partial charge in [0.2, 0.25) is 5.28 Å². The Morgan fingerprint density at radius 3 is 2.86 bits per heavy atom. The van der Waals surface area contributed by atoms with Gasteiger partial charge in [-0.1, -0.05) is 0 Å². The van der Waals surface area contributed by atoms with Gasteiger partial charge in [0.05, 0.1) is 25.1 Å². The summed E-state index contributed by atoms with van der Waals surface area (Å²) in [6, 6.07) is -0.414. The van der Waals surface area contributed by atoms with Crippen molar-refractivity contribution in [2.45, 2.75) is 24.7 Å². The quantitative estimate of drug-likeness (QED) is 0.541. The third-order valence-corrected chi connectivity index (χ3v) is 5.06. The highest BCUT2D eigenvalue weighted by Crippen LogP contribution is 2.67. The molecule has 0 radical (unpaired) electrons. The lowest BCUT2D eigenvalue weighted by Crippen LogP contribution is -2.35. The number of anilines is 1. The van der Waals surface area contributed by atoms with Gasteiger partial charge in [-0.05, 0) is 23.9 Å². The number of aliphatic hydroxyl groups excluding tert-OH is 3. The SMILES string of the molecule is Nc1nc(Cl)nc2c1ncn2[C@@H]1C2C[C@@]2(CO)[C@@H](O)[C@H]1O. The van der Waals surface area contributed by atoms with Crippen molar-refractivity contribution < 1.29 is 15.3 Å². The van der Waals surface area contributed by atoms with Crippen molar-refractivity contribution in [3.8, 4) is 0 Å². The van der Waals surface area contributed by atoms with E-state index in [4.69, 9.17) is 17.3 Å². The Bertz CT molecular complexity index is 737. The van der Waals surface area contributed by atoms with E-state index in [0.29, 0.717) is 17.6 Å². The van der Waals surface area contributed by atoms with Gasteiger partial charge in [-0.3, -0.25) is 0 Å². The zero-order valence-electron chi connectivity index (χ0n) is 10.9. The molecule has 112 valence electrons. The molecule has 0 aliphatic heterocycles. The number of hydrogen-bond acceptors (Lipinski definition) is 7. The fourth-order valence-corrected chi connectivity index (χ4v) is 3.85. The summed E-state index contributed by atoms with van der Waals surface area (Å²) in [5, 5.41) is 30.0. The molecule has 1 unspecified atom stereocenters. The molecule has 0 saturated heterocycles. The maximum Gasteiger partial charge on any atom is 0.226 e. The maximum absolute atomic E-state index is 10.3.